The number of amides is 1. The Bertz CT molecular complexity index is 354. The Morgan fingerprint density at radius 3 is 2.71 bits per heavy atom. The second kappa shape index (κ2) is 3.88. The van der Waals surface area contributed by atoms with Crippen molar-refractivity contribution >= 4 is 28.9 Å². The molecule has 0 spiro atoms. The van der Waals surface area contributed by atoms with Crippen LogP contribution in [0.15, 0.2) is 24.3 Å². The molecule has 0 saturated carbocycles. The predicted octanol–water partition coefficient (Wildman–Crippen LogP) is 2.05. The highest BCUT2D eigenvalue weighted by atomic mass is 35.5. The lowest BCUT2D eigenvalue weighted by Crippen LogP contribution is -2.39. The summed E-state index contributed by atoms with van der Waals surface area (Å²) in [6.45, 7) is 0. The Kier molecular flexibility index (Phi) is 2.59. The molecule has 0 aliphatic carbocycles. The number of alkyl halides is 1. The number of benzene rings is 1. The van der Waals surface area contributed by atoms with Gasteiger partial charge in [0, 0.05) is 5.88 Å². The summed E-state index contributed by atoms with van der Waals surface area (Å²) in [6.07, 6.45) is 0.641. The summed E-state index contributed by atoms with van der Waals surface area (Å²) in [7, 11) is 0. The van der Waals surface area contributed by atoms with E-state index in [1.807, 2.05) is 24.3 Å². The van der Waals surface area contributed by atoms with Gasteiger partial charge in [-0.2, -0.15) is 0 Å². The van der Waals surface area contributed by atoms with Gasteiger partial charge in [0.05, 0.1) is 11.4 Å². The molecule has 2 rings (SSSR count). The van der Waals surface area contributed by atoms with E-state index in [9.17, 15) is 4.79 Å². The molecule has 0 fully saturated rings. The van der Waals surface area contributed by atoms with E-state index in [1.165, 1.54) is 0 Å². The Labute approximate surface area is 87.4 Å². The highest BCUT2D eigenvalue weighted by Gasteiger charge is 2.23. The Morgan fingerprint density at radius 1 is 1.29 bits per heavy atom. The molecule has 1 aliphatic rings. The van der Waals surface area contributed by atoms with Gasteiger partial charge in [-0.05, 0) is 18.6 Å². The first-order valence-corrected chi connectivity index (χ1v) is 5.07. The number of hydrogen-bond donors (Lipinski definition) is 2. The largest absolute Gasteiger partial charge is 0.372 e. The molecular weight excluding hydrogens is 200 g/mol. The van der Waals surface area contributed by atoms with Gasteiger partial charge < -0.3 is 10.6 Å². The number of para-hydroxylation sites is 2. The molecule has 0 aromatic heterocycles. The zero-order chi connectivity index (χ0) is 9.97. The second-order valence-corrected chi connectivity index (χ2v) is 3.59. The number of halogens is 1. The van der Waals surface area contributed by atoms with E-state index in [2.05, 4.69) is 10.6 Å². The fourth-order valence-corrected chi connectivity index (χ4v) is 1.72. The van der Waals surface area contributed by atoms with Crippen molar-refractivity contribution in [3.8, 4) is 0 Å². The summed E-state index contributed by atoms with van der Waals surface area (Å²) in [5.41, 5.74) is 1.80. The van der Waals surface area contributed by atoms with Gasteiger partial charge in [-0.1, -0.05) is 12.1 Å². The van der Waals surface area contributed by atoms with Gasteiger partial charge >= 0.3 is 0 Å². The number of carbonyl (C=O) groups is 1. The third-order valence-corrected chi connectivity index (χ3v) is 2.45. The molecule has 14 heavy (non-hydrogen) atoms. The fraction of sp³-hybridized carbons (Fsp3) is 0.300. The van der Waals surface area contributed by atoms with Crippen LogP contribution >= 0.6 is 11.6 Å². The predicted molar refractivity (Wildman–Crippen MR) is 57.8 cm³/mol. The lowest BCUT2D eigenvalue weighted by molar-refractivity contribution is -0.117. The molecule has 0 saturated heterocycles. The quantitative estimate of drug-likeness (QED) is 0.734. The summed E-state index contributed by atoms with van der Waals surface area (Å²) in [6, 6.07) is 7.43. The summed E-state index contributed by atoms with van der Waals surface area (Å²) in [5, 5.41) is 5.99. The lowest BCUT2D eigenvalue weighted by Gasteiger charge is -2.26. The fourth-order valence-electron chi connectivity index (χ4n) is 1.50. The van der Waals surface area contributed by atoms with Crippen molar-refractivity contribution in [2.24, 2.45) is 0 Å². The van der Waals surface area contributed by atoms with Crippen molar-refractivity contribution in [2.75, 3.05) is 16.5 Å². The van der Waals surface area contributed by atoms with E-state index in [0.29, 0.717) is 12.3 Å². The maximum Gasteiger partial charge on any atom is 0.246 e. The van der Waals surface area contributed by atoms with Crippen LogP contribution in [0, 0.1) is 0 Å². The van der Waals surface area contributed by atoms with E-state index < -0.39 is 0 Å². The van der Waals surface area contributed by atoms with Gasteiger partial charge in [0.1, 0.15) is 6.04 Å². The highest BCUT2D eigenvalue weighted by molar-refractivity contribution is 6.18. The summed E-state index contributed by atoms with van der Waals surface area (Å²) >= 11 is 5.61. The molecule has 1 amide bonds. The molecule has 0 radical (unpaired) electrons. The van der Waals surface area contributed by atoms with Crippen LogP contribution in [0.3, 0.4) is 0 Å². The van der Waals surface area contributed by atoms with Gasteiger partial charge in [-0.25, -0.2) is 0 Å². The Morgan fingerprint density at radius 2 is 2.00 bits per heavy atom. The zero-order valence-corrected chi connectivity index (χ0v) is 8.34. The van der Waals surface area contributed by atoms with Crippen LogP contribution in [0.25, 0.3) is 0 Å². The monoisotopic (exact) mass is 210 g/mol. The first kappa shape index (κ1) is 9.34. The van der Waals surface area contributed by atoms with E-state index in [-0.39, 0.29) is 11.9 Å². The average Bonchev–Trinajstić information content (AvgIpc) is 2.19. The average molecular weight is 211 g/mol. The van der Waals surface area contributed by atoms with Crippen LogP contribution in [-0.4, -0.2) is 17.8 Å². The maximum absolute atomic E-state index is 11.5. The minimum absolute atomic E-state index is 0.00986. The van der Waals surface area contributed by atoms with Gasteiger partial charge in [-0.3, -0.25) is 4.79 Å². The van der Waals surface area contributed by atoms with Crippen LogP contribution in [0.4, 0.5) is 11.4 Å². The third kappa shape index (κ3) is 1.68. The molecule has 3 nitrogen and oxygen atoms in total. The normalized spacial score (nSPS) is 19.5. The summed E-state index contributed by atoms with van der Waals surface area (Å²) < 4.78 is 0. The van der Waals surface area contributed by atoms with Crippen molar-refractivity contribution in [3.05, 3.63) is 24.3 Å². The van der Waals surface area contributed by atoms with Crippen LogP contribution in [0.1, 0.15) is 6.42 Å². The van der Waals surface area contributed by atoms with E-state index in [1.54, 1.807) is 0 Å². The molecule has 1 aromatic rings. The molecular formula is C10H11ClN2O. The van der Waals surface area contributed by atoms with E-state index in [4.69, 9.17) is 11.6 Å². The molecule has 0 unspecified atom stereocenters. The van der Waals surface area contributed by atoms with E-state index in [0.717, 1.165) is 11.4 Å². The van der Waals surface area contributed by atoms with Crippen molar-refractivity contribution in [1.29, 1.82) is 0 Å². The molecule has 74 valence electrons. The second-order valence-electron chi connectivity index (χ2n) is 3.21. The van der Waals surface area contributed by atoms with Crippen LogP contribution < -0.4 is 10.6 Å². The number of carbonyl (C=O) groups excluding carboxylic acids is 1. The van der Waals surface area contributed by atoms with Gasteiger partial charge in [0.15, 0.2) is 0 Å². The smallest absolute Gasteiger partial charge is 0.246 e. The van der Waals surface area contributed by atoms with Gasteiger partial charge in [-0.15, -0.1) is 11.6 Å². The van der Waals surface area contributed by atoms with Gasteiger partial charge in [0.25, 0.3) is 0 Å². The number of hydrogen-bond acceptors (Lipinski definition) is 2. The summed E-state index contributed by atoms with van der Waals surface area (Å²) in [5.74, 6) is 0.470. The topological polar surface area (TPSA) is 41.1 Å². The Hall–Kier alpha value is -1.22. The van der Waals surface area contributed by atoms with Crippen LogP contribution in [0.5, 0.6) is 0 Å². The van der Waals surface area contributed by atoms with Crippen LogP contribution in [-0.2, 0) is 4.79 Å². The maximum atomic E-state index is 11.5. The Balaban J connectivity index is 2.22. The number of fused-ring (bicyclic) bond motifs is 1. The van der Waals surface area contributed by atoms with Crippen molar-refractivity contribution in [3.63, 3.8) is 0 Å². The molecule has 2 N–H and O–H groups in total. The van der Waals surface area contributed by atoms with E-state index >= 15 is 0 Å². The van der Waals surface area contributed by atoms with Crippen molar-refractivity contribution in [1.82, 2.24) is 0 Å². The number of nitrogens with one attached hydrogen (secondary N) is 2. The van der Waals surface area contributed by atoms with Crippen LogP contribution in [0.2, 0.25) is 0 Å². The lowest BCUT2D eigenvalue weighted by atomic mass is 10.1. The molecule has 0 bridgehead atoms. The number of anilines is 2. The SMILES string of the molecule is O=C1Nc2ccccc2N[C@@H]1CCCl. The molecule has 4 heteroatoms. The minimum Gasteiger partial charge on any atom is -0.372 e. The highest BCUT2D eigenvalue weighted by Crippen LogP contribution is 2.26. The minimum atomic E-state index is -0.206. The van der Waals surface area contributed by atoms with Crippen molar-refractivity contribution in [2.45, 2.75) is 12.5 Å². The van der Waals surface area contributed by atoms with Crippen molar-refractivity contribution < 1.29 is 4.79 Å². The first-order chi connectivity index (χ1) is 6.81. The molecule has 1 atom stereocenters. The first-order valence-electron chi connectivity index (χ1n) is 4.53. The van der Waals surface area contributed by atoms with Gasteiger partial charge in [0.2, 0.25) is 5.91 Å². The molecule has 1 aliphatic heterocycles. The number of rotatable bonds is 2. The summed E-state index contributed by atoms with van der Waals surface area (Å²) in [4.78, 5) is 11.5. The zero-order valence-electron chi connectivity index (χ0n) is 7.59. The standard InChI is InChI=1S/C10H11ClN2O/c11-6-5-9-10(14)13-8-4-2-1-3-7(8)12-9/h1-4,9,12H,5-6H2,(H,13,14)/t9-/m1/s1. The molecule has 1 aromatic carbocycles. The molecule has 1 heterocycles. The third-order valence-electron chi connectivity index (χ3n) is 2.23.